The summed E-state index contributed by atoms with van der Waals surface area (Å²) in [7, 11) is 0. The third-order valence-corrected chi connectivity index (χ3v) is 5.23. The number of hydrogen-bond acceptors (Lipinski definition) is 7. The topological polar surface area (TPSA) is 91.3 Å². The molecule has 0 fully saturated rings. The molecule has 0 aromatic heterocycles. The van der Waals surface area contributed by atoms with Crippen molar-refractivity contribution in [3.8, 4) is 11.5 Å². The summed E-state index contributed by atoms with van der Waals surface area (Å²) >= 11 is 0. The highest BCUT2D eigenvalue weighted by Gasteiger charge is 2.24. The number of aliphatic hydroxyl groups excluding tert-OH is 1. The fraction of sp³-hybridized carbons (Fsp3) is 0.357. The summed E-state index contributed by atoms with van der Waals surface area (Å²) in [5.41, 5.74) is 2.14. The highest BCUT2D eigenvalue weighted by Crippen LogP contribution is 2.34. The van der Waals surface area contributed by atoms with Gasteiger partial charge in [0.05, 0.1) is 0 Å². The van der Waals surface area contributed by atoms with Gasteiger partial charge in [-0.05, 0) is 49.2 Å². The number of allylic oxidation sites excluding steroid dienone is 1. The lowest BCUT2D eigenvalue weighted by atomic mass is 9.78. The first-order valence-corrected chi connectivity index (χ1v) is 11.4. The summed E-state index contributed by atoms with van der Waals surface area (Å²) in [4.78, 5) is 22.8. The van der Waals surface area contributed by atoms with E-state index in [1.165, 1.54) is 6.08 Å². The van der Waals surface area contributed by atoms with Gasteiger partial charge in [-0.25, -0.2) is 9.59 Å². The molecule has 0 saturated heterocycles. The average molecular weight is 483 g/mol. The molecule has 0 aliphatic rings. The molecule has 0 spiro atoms. The maximum Gasteiger partial charge on any atom is 0.333 e. The van der Waals surface area contributed by atoms with Crippen LogP contribution in [0.2, 0.25) is 0 Å². The molecular formula is C28H34O7. The van der Waals surface area contributed by atoms with E-state index in [9.17, 15) is 14.7 Å². The Balaban J connectivity index is 1.93. The first-order chi connectivity index (χ1) is 16.6. The van der Waals surface area contributed by atoms with Crippen LogP contribution in [0.15, 0.2) is 72.8 Å². The number of ether oxygens (including phenoxy) is 4. The summed E-state index contributed by atoms with van der Waals surface area (Å²) in [6.45, 7) is 11.3. The highest BCUT2D eigenvalue weighted by atomic mass is 16.6. The number of rotatable bonds is 13. The van der Waals surface area contributed by atoms with Crippen molar-refractivity contribution in [2.24, 2.45) is 0 Å². The second kappa shape index (κ2) is 13.3. The summed E-state index contributed by atoms with van der Waals surface area (Å²) < 4.78 is 21.3. The average Bonchev–Trinajstić information content (AvgIpc) is 2.84. The molecule has 0 aliphatic carbocycles. The normalized spacial score (nSPS) is 12.1. The zero-order valence-electron chi connectivity index (χ0n) is 20.8. The van der Waals surface area contributed by atoms with Gasteiger partial charge in [0.2, 0.25) is 0 Å². The lowest BCUT2D eigenvalue weighted by molar-refractivity contribution is -0.141. The Morgan fingerprint density at radius 3 is 2.34 bits per heavy atom. The van der Waals surface area contributed by atoms with Gasteiger partial charge in [0.15, 0.2) is 0 Å². The molecule has 0 heterocycles. The lowest BCUT2D eigenvalue weighted by Gasteiger charge is -2.27. The van der Waals surface area contributed by atoms with Crippen molar-refractivity contribution in [1.82, 2.24) is 0 Å². The zero-order valence-corrected chi connectivity index (χ0v) is 20.8. The number of benzene rings is 2. The third kappa shape index (κ3) is 8.94. The first-order valence-electron chi connectivity index (χ1n) is 11.4. The van der Waals surface area contributed by atoms with Gasteiger partial charge in [-0.1, -0.05) is 50.8 Å². The molecule has 0 radical (unpaired) electrons. The summed E-state index contributed by atoms with van der Waals surface area (Å²) in [5, 5.41) is 10.0. The van der Waals surface area contributed by atoms with Gasteiger partial charge in [-0.2, -0.15) is 0 Å². The number of aliphatic hydroxyl groups is 1. The SMILES string of the molecule is C=C(C)C(=O)OCCOc1ccc(C(C)(C)c2cccc(OCC(O)COC(=O)C=CC)c2)cc1. The second-order valence-electron chi connectivity index (χ2n) is 8.54. The molecule has 0 saturated carbocycles. The molecule has 0 amide bonds. The Morgan fingerprint density at radius 2 is 1.69 bits per heavy atom. The van der Waals surface area contributed by atoms with Crippen LogP contribution in [0.4, 0.5) is 0 Å². The summed E-state index contributed by atoms with van der Waals surface area (Å²) in [6.07, 6.45) is 1.93. The number of carbonyl (C=O) groups is 2. The minimum absolute atomic E-state index is 0.000711. The second-order valence-corrected chi connectivity index (χ2v) is 8.54. The van der Waals surface area contributed by atoms with Gasteiger partial charge in [0, 0.05) is 17.1 Å². The predicted octanol–water partition coefficient (Wildman–Crippen LogP) is 4.37. The fourth-order valence-electron chi connectivity index (χ4n) is 3.13. The molecule has 2 rings (SSSR count). The van der Waals surface area contributed by atoms with Gasteiger partial charge in [0.25, 0.3) is 0 Å². The van der Waals surface area contributed by atoms with Crippen LogP contribution in [0.1, 0.15) is 38.8 Å². The molecule has 2 aromatic carbocycles. The highest BCUT2D eigenvalue weighted by molar-refractivity contribution is 5.86. The number of hydrogen-bond donors (Lipinski definition) is 1. The fourth-order valence-corrected chi connectivity index (χ4v) is 3.13. The standard InChI is InChI=1S/C28H34O7/c1-6-8-26(30)35-19-23(29)18-34-25-10-7-9-22(17-25)28(4,5)21-11-13-24(14-12-21)32-15-16-33-27(31)20(2)3/h6-14,17,23,29H,2,15-16,18-19H2,1,3-5H3. The Bertz CT molecular complexity index is 1020. The lowest BCUT2D eigenvalue weighted by Crippen LogP contribution is -2.25. The molecule has 1 atom stereocenters. The van der Waals surface area contributed by atoms with Crippen molar-refractivity contribution in [1.29, 1.82) is 0 Å². The van der Waals surface area contributed by atoms with Crippen LogP contribution in [-0.4, -0.2) is 49.6 Å². The molecule has 188 valence electrons. The van der Waals surface area contributed by atoms with Crippen LogP contribution in [0.3, 0.4) is 0 Å². The quantitative estimate of drug-likeness (QED) is 0.258. The maximum atomic E-state index is 11.4. The number of carbonyl (C=O) groups excluding carboxylic acids is 2. The minimum atomic E-state index is -0.933. The number of esters is 2. The van der Waals surface area contributed by atoms with E-state index in [4.69, 9.17) is 18.9 Å². The molecule has 0 bridgehead atoms. The molecule has 0 aliphatic heterocycles. The molecule has 1 N–H and O–H groups in total. The smallest absolute Gasteiger partial charge is 0.333 e. The van der Waals surface area contributed by atoms with E-state index in [1.54, 1.807) is 19.9 Å². The molecule has 1 unspecified atom stereocenters. The van der Waals surface area contributed by atoms with Crippen LogP contribution in [-0.2, 0) is 24.5 Å². The van der Waals surface area contributed by atoms with Gasteiger partial charge < -0.3 is 24.1 Å². The minimum Gasteiger partial charge on any atom is -0.491 e. The van der Waals surface area contributed by atoms with Gasteiger partial charge in [-0.15, -0.1) is 0 Å². The van der Waals surface area contributed by atoms with E-state index >= 15 is 0 Å². The van der Waals surface area contributed by atoms with Gasteiger partial charge in [-0.3, -0.25) is 0 Å². The predicted molar refractivity (Wildman–Crippen MR) is 134 cm³/mol. The van der Waals surface area contributed by atoms with Crippen molar-refractivity contribution < 1.29 is 33.6 Å². The van der Waals surface area contributed by atoms with Crippen LogP contribution >= 0.6 is 0 Å². The molecule has 2 aromatic rings. The zero-order chi connectivity index (χ0) is 25.8. The van der Waals surface area contributed by atoms with E-state index in [0.29, 0.717) is 17.1 Å². The molecule has 7 nitrogen and oxygen atoms in total. The third-order valence-electron chi connectivity index (χ3n) is 5.23. The Labute approximate surface area is 207 Å². The van der Waals surface area contributed by atoms with Gasteiger partial charge >= 0.3 is 11.9 Å². The Kier molecular flexibility index (Phi) is 10.5. The van der Waals surface area contributed by atoms with E-state index in [0.717, 1.165) is 11.1 Å². The molecule has 7 heteroatoms. The van der Waals surface area contributed by atoms with Crippen LogP contribution in [0.5, 0.6) is 11.5 Å². The van der Waals surface area contributed by atoms with E-state index in [1.807, 2.05) is 48.5 Å². The van der Waals surface area contributed by atoms with Crippen molar-refractivity contribution in [2.75, 3.05) is 26.4 Å². The molecule has 35 heavy (non-hydrogen) atoms. The van der Waals surface area contributed by atoms with E-state index < -0.39 is 18.0 Å². The van der Waals surface area contributed by atoms with Crippen molar-refractivity contribution in [3.63, 3.8) is 0 Å². The van der Waals surface area contributed by atoms with Crippen molar-refractivity contribution in [2.45, 2.75) is 39.2 Å². The summed E-state index contributed by atoms with van der Waals surface area (Å²) in [6, 6.07) is 15.4. The molecular weight excluding hydrogens is 448 g/mol. The first kappa shape index (κ1) is 27.7. The maximum absolute atomic E-state index is 11.4. The Hall–Kier alpha value is -3.58. The Morgan fingerprint density at radius 1 is 0.971 bits per heavy atom. The van der Waals surface area contributed by atoms with Gasteiger partial charge in [0.1, 0.15) is 44.0 Å². The van der Waals surface area contributed by atoms with Crippen LogP contribution in [0, 0.1) is 0 Å². The van der Waals surface area contributed by atoms with E-state index in [2.05, 4.69) is 20.4 Å². The summed E-state index contributed by atoms with van der Waals surface area (Å²) in [5.74, 6) is 0.355. The largest absolute Gasteiger partial charge is 0.491 e. The van der Waals surface area contributed by atoms with Crippen LogP contribution in [0.25, 0.3) is 0 Å². The van der Waals surface area contributed by atoms with E-state index in [-0.39, 0.29) is 31.8 Å². The van der Waals surface area contributed by atoms with Crippen molar-refractivity contribution >= 4 is 11.9 Å². The monoisotopic (exact) mass is 482 g/mol. The van der Waals surface area contributed by atoms with Crippen LogP contribution < -0.4 is 9.47 Å². The van der Waals surface area contributed by atoms with Crippen molar-refractivity contribution in [3.05, 3.63) is 84.0 Å².